The Morgan fingerprint density at radius 2 is 1.76 bits per heavy atom. The van der Waals surface area contributed by atoms with Gasteiger partial charge in [-0.1, -0.05) is 11.6 Å². The van der Waals surface area contributed by atoms with Crippen LogP contribution in [-0.2, 0) is 4.74 Å². The molecule has 0 fully saturated rings. The van der Waals surface area contributed by atoms with E-state index in [0.717, 1.165) is 5.56 Å². The van der Waals surface area contributed by atoms with Crippen molar-refractivity contribution in [2.24, 2.45) is 0 Å². The summed E-state index contributed by atoms with van der Waals surface area (Å²) >= 11 is 5.87. The maximum atomic E-state index is 12.4. The third kappa shape index (κ3) is 6.02. The maximum absolute atomic E-state index is 12.4. The molecule has 2 aromatic carbocycles. The Hall–Kier alpha value is -2.93. The highest BCUT2D eigenvalue weighted by Gasteiger charge is 2.24. The van der Waals surface area contributed by atoms with Gasteiger partial charge < -0.3 is 20.1 Å². The molecule has 0 unspecified atom stereocenters. The van der Waals surface area contributed by atoms with E-state index in [9.17, 15) is 9.59 Å². The molecule has 0 aromatic heterocycles. The molecular formula is C21H24ClN3O4. The van der Waals surface area contributed by atoms with E-state index in [0.29, 0.717) is 35.2 Å². The second-order valence-electron chi connectivity index (χ2n) is 7.67. The molecule has 1 aliphatic heterocycles. The Kier molecular flexibility index (Phi) is 6.17. The number of fused-ring (bicyclic) bond motifs is 1. The number of urea groups is 1. The third-order valence-electron chi connectivity index (χ3n) is 4.10. The van der Waals surface area contributed by atoms with Crippen molar-refractivity contribution in [1.29, 1.82) is 0 Å². The molecule has 3 rings (SSSR count). The second-order valence-corrected chi connectivity index (χ2v) is 8.11. The molecule has 8 heteroatoms. The molecular weight excluding hydrogens is 394 g/mol. The van der Waals surface area contributed by atoms with Gasteiger partial charge in [0.1, 0.15) is 11.4 Å². The number of benzene rings is 2. The van der Waals surface area contributed by atoms with E-state index in [1.807, 2.05) is 0 Å². The molecule has 3 N–H and O–H groups in total. The van der Waals surface area contributed by atoms with Crippen LogP contribution in [0.5, 0.6) is 5.75 Å². The van der Waals surface area contributed by atoms with Gasteiger partial charge in [0, 0.05) is 28.4 Å². The molecule has 2 aromatic rings. The highest BCUT2D eigenvalue weighted by Crippen LogP contribution is 2.34. The zero-order valence-electron chi connectivity index (χ0n) is 16.5. The van der Waals surface area contributed by atoms with Crippen molar-refractivity contribution in [3.8, 4) is 5.75 Å². The summed E-state index contributed by atoms with van der Waals surface area (Å²) in [4.78, 5) is 24.4. The molecule has 1 aliphatic rings. The zero-order valence-corrected chi connectivity index (χ0v) is 17.3. The quantitative estimate of drug-likeness (QED) is 0.629. The van der Waals surface area contributed by atoms with Crippen LogP contribution in [0.1, 0.15) is 38.8 Å². The lowest BCUT2D eigenvalue weighted by molar-refractivity contribution is 0.0636. The molecule has 0 saturated heterocycles. The van der Waals surface area contributed by atoms with E-state index >= 15 is 0 Å². The van der Waals surface area contributed by atoms with Crippen LogP contribution < -0.4 is 20.7 Å². The number of carbonyl (C=O) groups excluding carboxylic acids is 2. The average molecular weight is 418 g/mol. The fourth-order valence-electron chi connectivity index (χ4n) is 2.90. The van der Waals surface area contributed by atoms with Gasteiger partial charge in [-0.25, -0.2) is 9.59 Å². The van der Waals surface area contributed by atoms with Gasteiger partial charge in [0.05, 0.1) is 12.6 Å². The van der Waals surface area contributed by atoms with Gasteiger partial charge in [-0.2, -0.15) is 0 Å². The number of carbonyl (C=O) groups is 2. The van der Waals surface area contributed by atoms with Gasteiger partial charge >= 0.3 is 12.1 Å². The number of hydrogen-bond donors (Lipinski definition) is 3. The molecule has 0 bridgehead atoms. The standard InChI is InChI=1S/C21H24ClN3O4/c1-21(2,3)29-20(27)24-15-8-9-18-16(12-15)17(10-11-28-18)25-19(26)23-14-6-4-13(22)5-7-14/h4-9,12,17H,10-11H2,1-3H3,(H,24,27)(H2,23,25,26)/t17-/m0/s1. The van der Waals surface area contributed by atoms with E-state index in [2.05, 4.69) is 16.0 Å². The first-order valence-corrected chi connectivity index (χ1v) is 9.67. The van der Waals surface area contributed by atoms with Crippen LogP contribution in [0.15, 0.2) is 42.5 Å². The summed E-state index contributed by atoms with van der Waals surface area (Å²) in [5, 5.41) is 9.04. The summed E-state index contributed by atoms with van der Waals surface area (Å²) in [6.45, 7) is 5.88. The number of amides is 3. The zero-order chi connectivity index (χ0) is 21.0. The number of halogens is 1. The first kappa shape index (κ1) is 20.8. The van der Waals surface area contributed by atoms with Crippen LogP contribution in [-0.4, -0.2) is 24.3 Å². The van der Waals surface area contributed by atoms with Crippen LogP contribution in [0.3, 0.4) is 0 Å². The smallest absolute Gasteiger partial charge is 0.412 e. The number of rotatable bonds is 3. The Bertz CT molecular complexity index is 894. The molecule has 0 spiro atoms. The predicted molar refractivity (Wildman–Crippen MR) is 113 cm³/mol. The Balaban J connectivity index is 1.69. The van der Waals surface area contributed by atoms with Crippen molar-refractivity contribution >= 4 is 35.1 Å². The number of anilines is 2. The minimum absolute atomic E-state index is 0.258. The Morgan fingerprint density at radius 1 is 1.07 bits per heavy atom. The fourth-order valence-corrected chi connectivity index (χ4v) is 3.03. The summed E-state index contributed by atoms with van der Waals surface area (Å²) in [6.07, 6.45) is 0.0656. The van der Waals surface area contributed by atoms with Crippen molar-refractivity contribution in [3.05, 3.63) is 53.1 Å². The van der Waals surface area contributed by atoms with Crippen molar-refractivity contribution in [3.63, 3.8) is 0 Å². The first-order chi connectivity index (χ1) is 13.7. The molecule has 0 radical (unpaired) electrons. The molecule has 1 atom stereocenters. The Labute approximate surface area is 174 Å². The van der Waals surface area contributed by atoms with E-state index in [-0.39, 0.29) is 12.1 Å². The summed E-state index contributed by atoms with van der Waals surface area (Å²) in [5.41, 5.74) is 1.40. The van der Waals surface area contributed by atoms with Gasteiger partial charge in [-0.05, 0) is 63.2 Å². The SMILES string of the molecule is CC(C)(C)OC(=O)Nc1ccc2c(c1)[C@@H](NC(=O)Nc1ccc(Cl)cc1)CCO2. The topological polar surface area (TPSA) is 88.7 Å². The van der Waals surface area contributed by atoms with E-state index in [1.54, 1.807) is 63.2 Å². The van der Waals surface area contributed by atoms with Gasteiger partial charge in [-0.15, -0.1) is 0 Å². The lowest BCUT2D eigenvalue weighted by Gasteiger charge is -2.27. The Morgan fingerprint density at radius 3 is 2.45 bits per heavy atom. The van der Waals surface area contributed by atoms with Crippen LogP contribution in [0.4, 0.5) is 21.0 Å². The highest BCUT2D eigenvalue weighted by molar-refractivity contribution is 6.30. The van der Waals surface area contributed by atoms with Gasteiger partial charge in [0.2, 0.25) is 0 Å². The summed E-state index contributed by atoms with van der Waals surface area (Å²) in [6, 6.07) is 11.6. The lowest BCUT2D eigenvalue weighted by Crippen LogP contribution is -2.35. The second kappa shape index (κ2) is 8.61. The van der Waals surface area contributed by atoms with Crippen molar-refractivity contribution in [1.82, 2.24) is 5.32 Å². The van der Waals surface area contributed by atoms with Crippen molar-refractivity contribution < 1.29 is 19.1 Å². The number of ether oxygens (including phenoxy) is 2. The van der Waals surface area contributed by atoms with Crippen LogP contribution >= 0.6 is 11.6 Å². The lowest BCUT2D eigenvalue weighted by atomic mass is 10.00. The van der Waals surface area contributed by atoms with Gasteiger partial charge in [0.15, 0.2) is 0 Å². The number of nitrogens with one attached hydrogen (secondary N) is 3. The highest BCUT2D eigenvalue weighted by atomic mass is 35.5. The van der Waals surface area contributed by atoms with Crippen LogP contribution in [0, 0.1) is 0 Å². The maximum Gasteiger partial charge on any atom is 0.412 e. The van der Waals surface area contributed by atoms with Crippen molar-refractivity contribution in [2.75, 3.05) is 17.2 Å². The summed E-state index contributed by atoms with van der Waals surface area (Å²) in [7, 11) is 0. The average Bonchev–Trinajstić information content (AvgIpc) is 2.62. The van der Waals surface area contributed by atoms with Crippen LogP contribution in [0.25, 0.3) is 0 Å². The molecule has 0 aliphatic carbocycles. The molecule has 1 heterocycles. The summed E-state index contributed by atoms with van der Waals surface area (Å²) in [5.74, 6) is 0.669. The third-order valence-corrected chi connectivity index (χ3v) is 4.35. The predicted octanol–water partition coefficient (Wildman–Crippen LogP) is 5.33. The monoisotopic (exact) mass is 417 g/mol. The minimum Gasteiger partial charge on any atom is -0.493 e. The number of hydrogen-bond acceptors (Lipinski definition) is 4. The molecule has 7 nitrogen and oxygen atoms in total. The van der Waals surface area contributed by atoms with E-state index in [1.165, 1.54) is 0 Å². The van der Waals surface area contributed by atoms with Gasteiger partial charge in [0.25, 0.3) is 0 Å². The summed E-state index contributed by atoms with van der Waals surface area (Å²) < 4.78 is 11.0. The fraction of sp³-hybridized carbons (Fsp3) is 0.333. The van der Waals surface area contributed by atoms with Gasteiger partial charge in [-0.3, -0.25) is 5.32 Å². The normalized spacial score (nSPS) is 15.5. The molecule has 154 valence electrons. The molecule has 29 heavy (non-hydrogen) atoms. The van der Waals surface area contributed by atoms with Crippen molar-refractivity contribution in [2.45, 2.75) is 38.8 Å². The first-order valence-electron chi connectivity index (χ1n) is 9.29. The van der Waals surface area contributed by atoms with E-state index in [4.69, 9.17) is 21.1 Å². The largest absolute Gasteiger partial charge is 0.493 e. The molecule has 0 saturated carbocycles. The molecule has 3 amide bonds. The van der Waals surface area contributed by atoms with E-state index < -0.39 is 11.7 Å². The minimum atomic E-state index is -0.592. The van der Waals surface area contributed by atoms with Crippen LogP contribution in [0.2, 0.25) is 5.02 Å².